The highest BCUT2D eigenvalue weighted by molar-refractivity contribution is 6.72. The van der Waals surface area contributed by atoms with Gasteiger partial charge in [-0.3, -0.25) is 0 Å². The van der Waals surface area contributed by atoms with Gasteiger partial charge in [0.15, 0.2) is 0 Å². The second-order valence-corrected chi connectivity index (χ2v) is 8.22. The summed E-state index contributed by atoms with van der Waals surface area (Å²) in [7, 11) is 1.55. The Morgan fingerprint density at radius 3 is 1.78 bits per heavy atom. The third kappa shape index (κ3) is 8.06. The Morgan fingerprint density at radius 2 is 1.33 bits per heavy atom. The van der Waals surface area contributed by atoms with Crippen LogP contribution in [0.4, 0.5) is 0 Å². The van der Waals surface area contributed by atoms with Crippen LogP contribution in [0.25, 0.3) is 0 Å². The molecule has 0 saturated heterocycles. The Labute approximate surface area is 115 Å². The van der Waals surface area contributed by atoms with Crippen LogP contribution in [0.5, 0.6) is 0 Å². The summed E-state index contributed by atoms with van der Waals surface area (Å²) >= 11 is 0. The molecular weight excluding hydrogens is 240 g/mol. The molecule has 0 unspecified atom stereocenters. The molecule has 0 heterocycles. The van der Waals surface area contributed by atoms with Crippen molar-refractivity contribution in [2.75, 3.05) is 14.2 Å². The minimum Gasteiger partial charge on any atom is -0.395 e. The Morgan fingerprint density at radius 1 is 0.833 bits per heavy atom. The van der Waals surface area contributed by atoms with Gasteiger partial charge in [-0.15, -0.1) is 0 Å². The van der Waals surface area contributed by atoms with Crippen LogP contribution in [0.1, 0.15) is 65.2 Å². The normalized spacial score (nSPS) is 12.4. The predicted octanol–water partition coefficient (Wildman–Crippen LogP) is 4.98. The van der Waals surface area contributed by atoms with Gasteiger partial charge in [0.05, 0.1) is 0 Å². The molecule has 2 nitrogen and oxygen atoms in total. The molecule has 0 amide bonds. The van der Waals surface area contributed by atoms with Crippen molar-refractivity contribution in [1.82, 2.24) is 0 Å². The van der Waals surface area contributed by atoms with Crippen molar-refractivity contribution in [2.24, 2.45) is 0 Å². The summed E-state index contributed by atoms with van der Waals surface area (Å²) in [6, 6.07) is 1.08. The lowest BCUT2D eigenvalue weighted by Crippen LogP contribution is -2.37. The molecule has 18 heavy (non-hydrogen) atoms. The monoisotopic (exact) mass is 272 g/mol. The molecule has 0 rings (SSSR count). The first kappa shape index (κ1) is 17.9. The highest BCUT2D eigenvalue weighted by Gasteiger charge is 2.31. The number of unbranched alkanes of at least 4 members (excludes halogenated alkanes) is 7. The summed E-state index contributed by atoms with van der Waals surface area (Å²) in [6.45, 7) is 4.30. The third-order valence-electron chi connectivity index (χ3n) is 3.49. The van der Waals surface area contributed by atoms with E-state index in [-0.39, 0.29) is 0 Å². The van der Waals surface area contributed by atoms with E-state index in [1.54, 1.807) is 14.2 Å². The first-order valence-electron chi connectivity index (χ1n) is 7.48. The van der Waals surface area contributed by atoms with E-state index in [0.717, 1.165) is 6.04 Å². The van der Waals surface area contributed by atoms with Crippen molar-refractivity contribution < 1.29 is 8.85 Å². The van der Waals surface area contributed by atoms with Crippen LogP contribution >= 0.6 is 0 Å². The molecular formula is C15H32O2Si. The lowest BCUT2D eigenvalue weighted by Gasteiger charge is -2.23. The standard InChI is InChI=1S/C15H32O2Si/c1-5-7-8-9-10-11-12-13-15-18(16-3,17-4)14-6-2/h6,14H,5,7-13,15H2,1-4H3. The van der Waals surface area contributed by atoms with Gasteiger partial charge in [0.1, 0.15) is 0 Å². The lowest BCUT2D eigenvalue weighted by molar-refractivity contribution is 0.254. The minimum absolute atomic E-state index is 1.08. The second-order valence-electron chi connectivity index (χ2n) is 4.94. The summed E-state index contributed by atoms with van der Waals surface area (Å²) < 4.78 is 11.2. The Kier molecular flexibility index (Phi) is 11.9. The van der Waals surface area contributed by atoms with Crippen molar-refractivity contribution in [2.45, 2.75) is 71.3 Å². The van der Waals surface area contributed by atoms with E-state index in [1.807, 2.05) is 6.92 Å². The fourth-order valence-corrected chi connectivity index (χ4v) is 4.53. The topological polar surface area (TPSA) is 18.5 Å². The van der Waals surface area contributed by atoms with Gasteiger partial charge < -0.3 is 8.85 Å². The van der Waals surface area contributed by atoms with Crippen molar-refractivity contribution in [3.05, 3.63) is 11.8 Å². The maximum absolute atomic E-state index is 5.62. The zero-order valence-corrected chi connectivity index (χ0v) is 13.8. The van der Waals surface area contributed by atoms with Crippen molar-refractivity contribution in [3.8, 4) is 0 Å². The minimum atomic E-state index is -2.01. The van der Waals surface area contributed by atoms with Crippen LogP contribution in [0.15, 0.2) is 11.8 Å². The Hall–Kier alpha value is -0.123. The molecule has 0 saturated carbocycles. The second kappa shape index (κ2) is 11.9. The molecule has 0 aliphatic heterocycles. The number of allylic oxidation sites excluding steroid dienone is 1. The van der Waals surface area contributed by atoms with Crippen molar-refractivity contribution in [1.29, 1.82) is 0 Å². The van der Waals surface area contributed by atoms with Crippen LogP contribution in [-0.2, 0) is 8.85 Å². The van der Waals surface area contributed by atoms with Gasteiger partial charge in [0.2, 0.25) is 0 Å². The molecule has 0 spiro atoms. The molecule has 0 atom stereocenters. The maximum Gasteiger partial charge on any atom is 0.364 e. The predicted molar refractivity (Wildman–Crippen MR) is 82.0 cm³/mol. The lowest BCUT2D eigenvalue weighted by atomic mass is 10.1. The largest absolute Gasteiger partial charge is 0.395 e. The van der Waals surface area contributed by atoms with Gasteiger partial charge in [-0.05, 0) is 18.7 Å². The van der Waals surface area contributed by atoms with Crippen molar-refractivity contribution >= 4 is 8.56 Å². The van der Waals surface area contributed by atoms with Crippen LogP contribution < -0.4 is 0 Å². The number of hydrogen-bond donors (Lipinski definition) is 0. The first-order valence-corrected chi connectivity index (χ1v) is 9.59. The molecule has 0 bridgehead atoms. The summed E-state index contributed by atoms with van der Waals surface area (Å²) in [5, 5.41) is 0. The molecule has 0 aliphatic carbocycles. The summed E-state index contributed by atoms with van der Waals surface area (Å²) in [5.41, 5.74) is 2.15. The van der Waals surface area contributed by atoms with E-state index in [1.165, 1.54) is 51.4 Å². The zero-order chi connectivity index (χ0) is 13.7. The highest BCUT2D eigenvalue weighted by atomic mass is 28.4. The molecule has 0 N–H and O–H groups in total. The van der Waals surface area contributed by atoms with Gasteiger partial charge in [0.25, 0.3) is 0 Å². The summed E-state index contributed by atoms with van der Waals surface area (Å²) in [5.74, 6) is 0. The fourth-order valence-electron chi connectivity index (χ4n) is 2.27. The van der Waals surface area contributed by atoms with Crippen LogP contribution in [0, 0.1) is 0 Å². The molecule has 0 aliphatic rings. The Balaban J connectivity index is 3.62. The van der Waals surface area contributed by atoms with E-state index in [2.05, 4.69) is 18.7 Å². The van der Waals surface area contributed by atoms with E-state index in [9.17, 15) is 0 Å². The Bertz CT molecular complexity index is 201. The molecule has 3 heteroatoms. The third-order valence-corrected chi connectivity index (χ3v) is 6.76. The van der Waals surface area contributed by atoms with Gasteiger partial charge in [-0.2, -0.15) is 0 Å². The zero-order valence-electron chi connectivity index (χ0n) is 12.8. The average molecular weight is 273 g/mol. The van der Waals surface area contributed by atoms with E-state index >= 15 is 0 Å². The molecule has 108 valence electrons. The smallest absolute Gasteiger partial charge is 0.364 e. The summed E-state index contributed by atoms with van der Waals surface area (Å²) in [4.78, 5) is 0. The van der Waals surface area contributed by atoms with E-state index in [4.69, 9.17) is 8.85 Å². The number of rotatable bonds is 12. The first-order chi connectivity index (χ1) is 8.74. The molecule has 0 aromatic carbocycles. The van der Waals surface area contributed by atoms with Gasteiger partial charge in [0, 0.05) is 14.2 Å². The molecule has 0 aromatic heterocycles. The van der Waals surface area contributed by atoms with Crippen LogP contribution in [0.3, 0.4) is 0 Å². The molecule has 0 aromatic rings. The molecule has 0 fully saturated rings. The number of hydrogen-bond acceptors (Lipinski definition) is 2. The fraction of sp³-hybridized carbons (Fsp3) is 0.867. The van der Waals surface area contributed by atoms with E-state index in [0.29, 0.717) is 0 Å². The van der Waals surface area contributed by atoms with Gasteiger partial charge in [-0.1, -0.05) is 64.4 Å². The van der Waals surface area contributed by atoms with Gasteiger partial charge >= 0.3 is 8.56 Å². The average Bonchev–Trinajstić information content (AvgIpc) is 2.40. The van der Waals surface area contributed by atoms with Crippen LogP contribution in [0.2, 0.25) is 6.04 Å². The molecule has 0 radical (unpaired) electrons. The van der Waals surface area contributed by atoms with Gasteiger partial charge in [-0.25, -0.2) is 0 Å². The SMILES string of the molecule is CC=C[Si](CCCCCCCCCC)(OC)OC. The van der Waals surface area contributed by atoms with E-state index < -0.39 is 8.56 Å². The van der Waals surface area contributed by atoms with Crippen molar-refractivity contribution in [3.63, 3.8) is 0 Å². The summed E-state index contributed by atoms with van der Waals surface area (Å²) in [6.07, 6.45) is 12.9. The maximum atomic E-state index is 5.62. The van der Waals surface area contributed by atoms with Crippen LogP contribution in [-0.4, -0.2) is 22.8 Å². The quantitative estimate of drug-likeness (QED) is 0.368. The highest BCUT2D eigenvalue weighted by Crippen LogP contribution is 2.19.